The van der Waals surface area contributed by atoms with Crippen molar-refractivity contribution in [1.82, 2.24) is 10.1 Å². The summed E-state index contributed by atoms with van der Waals surface area (Å²) in [4.78, 5) is 6.77. The van der Waals surface area contributed by atoms with Crippen LogP contribution in [0.25, 0.3) is 11.1 Å². The second kappa shape index (κ2) is 6.91. The maximum atomic E-state index is 5.74. The van der Waals surface area contributed by atoms with E-state index in [1.165, 1.54) is 5.56 Å². The van der Waals surface area contributed by atoms with Gasteiger partial charge in [0.15, 0.2) is 0 Å². The van der Waals surface area contributed by atoms with Crippen molar-refractivity contribution in [2.75, 3.05) is 12.0 Å². The number of rotatable bonds is 4. The van der Waals surface area contributed by atoms with E-state index in [-0.39, 0.29) is 6.04 Å². The first-order valence-corrected chi connectivity index (χ1v) is 9.10. The van der Waals surface area contributed by atoms with Gasteiger partial charge in [-0.05, 0) is 51.0 Å². The number of hydrogen-bond donors (Lipinski definition) is 0. The molecule has 4 rings (SSSR count). The Hall–Kier alpha value is -3.08. The highest BCUT2D eigenvalue weighted by Gasteiger charge is 2.24. The number of aryl methyl sites for hydroxylation is 2. The normalized spacial score (nSPS) is 14.1. The molecular formula is C22H23N3O2. The molecule has 1 aliphatic heterocycles. The molecule has 0 bridgehead atoms. The lowest BCUT2D eigenvalue weighted by Gasteiger charge is -2.32. The molecule has 5 nitrogen and oxygen atoms in total. The molecule has 1 aromatic carbocycles. The number of fused-ring (bicyclic) bond motifs is 1. The Morgan fingerprint density at radius 2 is 2.07 bits per heavy atom. The second-order valence-corrected chi connectivity index (χ2v) is 6.81. The lowest BCUT2D eigenvalue weighted by Crippen LogP contribution is -2.24. The fourth-order valence-corrected chi connectivity index (χ4v) is 3.73. The van der Waals surface area contributed by atoms with E-state index in [1.807, 2.05) is 32.2 Å². The van der Waals surface area contributed by atoms with Crippen molar-refractivity contribution in [2.24, 2.45) is 0 Å². The van der Waals surface area contributed by atoms with E-state index >= 15 is 0 Å². The Morgan fingerprint density at radius 3 is 2.74 bits per heavy atom. The van der Waals surface area contributed by atoms with Crippen molar-refractivity contribution >= 4 is 5.69 Å². The Morgan fingerprint density at radius 1 is 1.22 bits per heavy atom. The van der Waals surface area contributed by atoms with Crippen LogP contribution in [-0.4, -0.2) is 17.3 Å². The van der Waals surface area contributed by atoms with Gasteiger partial charge in [-0.15, -0.1) is 0 Å². The second-order valence-electron chi connectivity index (χ2n) is 6.81. The third-order valence-corrected chi connectivity index (χ3v) is 5.12. The van der Waals surface area contributed by atoms with Gasteiger partial charge in [-0.1, -0.05) is 17.3 Å². The van der Waals surface area contributed by atoms with E-state index in [1.54, 1.807) is 7.11 Å². The molecule has 3 heterocycles. The summed E-state index contributed by atoms with van der Waals surface area (Å²) in [5.41, 5.74) is 6.32. The standard InChI is InChI=1S/C22H23N3O2/c1-14-22(16(3)27-24-14)18-12-17-8-7-11-25(20(17)13-21(18)26-4)15(2)19-9-5-6-10-23-19/h5-7,9-13,15H,8H2,1-4H3. The van der Waals surface area contributed by atoms with Gasteiger partial charge in [0, 0.05) is 29.7 Å². The van der Waals surface area contributed by atoms with Gasteiger partial charge in [0.25, 0.3) is 0 Å². The molecule has 1 unspecified atom stereocenters. The van der Waals surface area contributed by atoms with Crippen molar-refractivity contribution in [3.05, 3.63) is 71.5 Å². The molecule has 0 spiro atoms. The molecule has 1 atom stereocenters. The third kappa shape index (κ3) is 2.99. The van der Waals surface area contributed by atoms with Crippen LogP contribution in [0.1, 0.15) is 35.7 Å². The summed E-state index contributed by atoms with van der Waals surface area (Å²) in [6.45, 7) is 6.06. The number of anilines is 1. The molecule has 138 valence electrons. The number of pyridine rings is 1. The summed E-state index contributed by atoms with van der Waals surface area (Å²) in [7, 11) is 1.70. The van der Waals surface area contributed by atoms with Crippen molar-refractivity contribution in [2.45, 2.75) is 33.2 Å². The van der Waals surface area contributed by atoms with E-state index < -0.39 is 0 Å². The summed E-state index contributed by atoms with van der Waals surface area (Å²) in [6, 6.07) is 10.4. The van der Waals surface area contributed by atoms with Crippen LogP contribution >= 0.6 is 0 Å². The fourth-order valence-electron chi connectivity index (χ4n) is 3.73. The average molecular weight is 361 g/mol. The number of methoxy groups -OCH3 is 1. The van der Waals surface area contributed by atoms with Gasteiger partial charge in [0.05, 0.1) is 30.1 Å². The van der Waals surface area contributed by atoms with Crippen LogP contribution in [0, 0.1) is 13.8 Å². The highest BCUT2D eigenvalue weighted by atomic mass is 16.5. The molecule has 0 N–H and O–H groups in total. The van der Waals surface area contributed by atoms with Crippen LogP contribution in [0.2, 0.25) is 0 Å². The van der Waals surface area contributed by atoms with Gasteiger partial charge < -0.3 is 14.2 Å². The molecule has 0 saturated carbocycles. The van der Waals surface area contributed by atoms with Crippen LogP contribution in [0.15, 0.2) is 53.3 Å². The SMILES string of the molecule is COc1cc2c(cc1-c1c(C)noc1C)CC=CN2C(C)c1ccccn1. The fraction of sp³-hybridized carbons (Fsp3) is 0.273. The zero-order valence-corrected chi connectivity index (χ0v) is 16.1. The minimum atomic E-state index is 0.121. The molecule has 1 aliphatic rings. The molecule has 27 heavy (non-hydrogen) atoms. The van der Waals surface area contributed by atoms with Gasteiger partial charge in [-0.3, -0.25) is 4.98 Å². The highest BCUT2D eigenvalue weighted by molar-refractivity contribution is 5.79. The lowest BCUT2D eigenvalue weighted by atomic mass is 9.95. The maximum absolute atomic E-state index is 5.74. The highest BCUT2D eigenvalue weighted by Crippen LogP contribution is 2.42. The first kappa shape index (κ1) is 17.3. The van der Waals surface area contributed by atoms with Crippen LogP contribution in [0.3, 0.4) is 0 Å². The Kier molecular flexibility index (Phi) is 4.44. The van der Waals surface area contributed by atoms with Crippen LogP contribution in [0.4, 0.5) is 5.69 Å². The number of allylic oxidation sites excluding steroid dienone is 1. The molecule has 0 saturated heterocycles. The third-order valence-electron chi connectivity index (χ3n) is 5.12. The topological polar surface area (TPSA) is 51.4 Å². The number of hydrogen-bond acceptors (Lipinski definition) is 5. The molecule has 3 aromatic rings. The molecule has 0 aliphatic carbocycles. The quantitative estimate of drug-likeness (QED) is 0.654. The average Bonchev–Trinajstić information content (AvgIpc) is 3.04. The lowest BCUT2D eigenvalue weighted by molar-refractivity contribution is 0.393. The zero-order chi connectivity index (χ0) is 19.0. The van der Waals surface area contributed by atoms with Gasteiger partial charge in [0.1, 0.15) is 11.5 Å². The molecule has 5 heteroatoms. The van der Waals surface area contributed by atoms with E-state index in [4.69, 9.17) is 9.26 Å². The summed E-state index contributed by atoms with van der Waals surface area (Å²) in [6.07, 6.45) is 7.03. The summed E-state index contributed by atoms with van der Waals surface area (Å²) >= 11 is 0. The van der Waals surface area contributed by atoms with Crippen LogP contribution < -0.4 is 9.64 Å². The Labute approximate surface area is 159 Å². The van der Waals surface area contributed by atoms with Crippen molar-refractivity contribution in [3.63, 3.8) is 0 Å². The maximum Gasteiger partial charge on any atom is 0.141 e. The Balaban J connectivity index is 1.81. The van der Waals surface area contributed by atoms with Gasteiger partial charge in [-0.2, -0.15) is 0 Å². The van der Waals surface area contributed by atoms with Crippen molar-refractivity contribution in [1.29, 1.82) is 0 Å². The zero-order valence-electron chi connectivity index (χ0n) is 16.1. The Bertz CT molecular complexity index is 973. The molecular weight excluding hydrogens is 338 g/mol. The van der Waals surface area contributed by atoms with Gasteiger partial charge in [-0.25, -0.2) is 0 Å². The van der Waals surface area contributed by atoms with E-state index in [2.05, 4.69) is 52.4 Å². The van der Waals surface area contributed by atoms with E-state index in [9.17, 15) is 0 Å². The number of ether oxygens (including phenoxy) is 1. The van der Waals surface area contributed by atoms with E-state index in [0.29, 0.717) is 0 Å². The number of benzene rings is 1. The minimum Gasteiger partial charge on any atom is -0.496 e. The van der Waals surface area contributed by atoms with Gasteiger partial charge >= 0.3 is 0 Å². The van der Waals surface area contributed by atoms with Gasteiger partial charge in [0.2, 0.25) is 0 Å². The molecule has 0 fully saturated rings. The molecule has 2 aromatic heterocycles. The largest absolute Gasteiger partial charge is 0.496 e. The first-order valence-electron chi connectivity index (χ1n) is 9.10. The van der Waals surface area contributed by atoms with Crippen molar-refractivity contribution in [3.8, 4) is 16.9 Å². The summed E-state index contributed by atoms with van der Waals surface area (Å²) in [5.74, 6) is 1.62. The first-order chi connectivity index (χ1) is 13.1. The molecule has 0 amide bonds. The monoisotopic (exact) mass is 361 g/mol. The molecule has 0 radical (unpaired) electrons. The smallest absolute Gasteiger partial charge is 0.141 e. The number of nitrogens with zero attached hydrogens (tertiary/aromatic N) is 3. The summed E-state index contributed by atoms with van der Waals surface area (Å²) < 4.78 is 11.1. The number of aromatic nitrogens is 2. The minimum absolute atomic E-state index is 0.121. The summed E-state index contributed by atoms with van der Waals surface area (Å²) in [5, 5.41) is 4.10. The van der Waals surface area contributed by atoms with Crippen molar-refractivity contribution < 1.29 is 9.26 Å². The van der Waals surface area contributed by atoms with E-state index in [0.717, 1.165) is 46.1 Å². The predicted octanol–water partition coefficient (Wildman–Crippen LogP) is 5.00. The van der Waals surface area contributed by atoms with Crippen LogP contribution in [0.5, 0.6) is 5.75 Å². The predicted molar refractivity (Wildman–Crippen MR) is 106 cm³/mol. The van der Waals surface area contributed by atoms with Crippen LogP contribution in [-0.2, 0) is 6.42 Å².